The number of aromatic nitrogens is 2. The van der Waals surface area contributed by atoms with Crippen LogP contribution < -0.4 is 5.32 Å². The molecule has 0 aliphatic carbocycles. The summed E-state index contributed by atoms with van der Waals surface area (Å²) in [5.41, 5.74) is 4.54. The minimum absolute atomic E-state index is 0.352. The molecule has 156 valence electrons. The molecule has 1 aliphatic rings. The number of nitrogens with one attached hydrogen (secondary N) is 1. The lowest BCUT2D eigenvalue weighted by Gasteiger charge is -2.17. The zero-order valence-electron chi connectivity index (χ0n) is 17.3. The van der Waals surface area contributed by atoms with Gasteiger partial charge in [0.05, 0.1) is 10.6 Å². The summed E-state index contributed by atoms with van der Waals surface area (Å²) in [5, 5.41) is 11.8. The van der Waals surface area contributed by atoms with Gasteiger partial charge in [0, 0.05) is 25.2 Å². The summed E-state index contributed by atoms with van der Waals surface area (Å²) in [6.07, 6.45) is 1.83. The average Bonchev–Trinajstić information content (AvgIpc) is 3.30. The molecule has 7 heteroatoms. The van der Waals surface area contributed by atoms with Crippen LogP contribution in [-0.2, 0) is 16.6 Å². The van der Waals surface area contributed by atoms with Gasteiger partial charge in [-0.25, -0.2) is 8.42 Å². The van der Waals surface area contributed by atoms with Crippen LogP contribution in [0.2, 0.25) is 0 Å². The maximum absolute atomic E-state index is 13.0. The largest absolute Gasteiger partial charge is 0.365 e. The highest BCUT2D eigenvalue weighted by Gasteiger charge is 2.28. The quantitative estimate of drug-likeness (QED) is 0.646. The molecule has 30 heavy (non-hydrogen) atoms. The second-order valence-corrected chi connectivity index (χ2v) is 9.64. The summed E-state index contributed by atoms with van der Waals surface area (Å²) in [7, 11) is -3.48. The number of aryl methyl sites for hydroxylation is 2. The van der Waals surface area contributed by atoms with Crippen molar-refractivity contribution in [3.8, 4) is 11.3 Å². The molecule has 0 radical (unpaired) electrons. The third-order valence-electron chi connectivity index (χ3n) is 5.43. The summed E-state index contributed by atoms with van der Waals surface area (Å²) >= 11 is 0. The van der Waals surface area contributed by atoms with Crippen molar-refractivity contribution in [2.75, 3.05) is 18.4 Å². The molecule has 3 aromatic rings. The Balaban J connectivity index is 1.52. The summed E-state index contributed by atoms with van der Waals surface area (Å²) in [6, 6.07) is 17.5. The van der Waals surface area contributed by atoms with Gasteiger partial charge in [-0.15, -0.1) is 10.2 Å². The standard InChI is InChI=1S/C23H26N4O2S/c1-17-5-8-19(9-6-17)16-24-23-12-11-21(25-26-23)20-10-7-18(2)22(15-20)30(28,29)27-13-3-4-14-27/h5-12,15H,3-4,13-14,16H2,1-2H3,(H,24,26). The van der Waals surface area contributed by atoms with Gasteiger partial charge in [0.25, 0.3) is 0 Å². The van der Waals surface area contributed by atoms with Crippen LogP contribution in [0.25, 0.3) is 11.3 Å². The molecule has 0 amide bonds. The van der Waals surface area contributed by atoms with E-state index in [1.807, 2.05) is 31.2 Å². The highest BCUT2D eigenvalue weighted by Crippen LogP contribution is 2.28. The SMILES string of the molecule is Cc1ccc(CNc2ccc(-c3ccc(C)c(S(=O)(=O)N4CCCC4)c3)nn2)cc1. The van der Waals surface area contributed by atoms with E-state index in [0.29, 0.717) is 36.0 Å². The molecule has 1 saturated heterocycles. The molecule has 0 atom stereocenters. The van der Waals surface area contributed by atoms with Gasteiger partial charge in [0.1, 0.15) is 5.82 Å². The first-order valence-electron chi connectivity index (χ1n) is 10.2. The first-order valence-corrected chi connectivity index (χ1v) is 11.6. The maximum atomic E-state index is 13.0. The van der Waals surface area contributed by atoms with E-state index >= 15 is 0 Å². The van der Waals surface area contributed by atoms with Gasteiger partial charge in [0.15, 0.2) is 0 Å². The molecule has 1 aromatic heterocycles. The molecule has 2 heterocycles. The molecule has 6 nitrogen and oxygen atoms in total. The Kier molecular flexibility index (Phi) is 5.83. The number of rotatable bonds is 6. The van der Waals surface area contributed by atoms with Crippen molar-refractivity contribution >= 4 is 15.8 Å². The molecular formula is C23H26N4O2S. The topological polar surface area (TPSA) is 75.2 Å². The molecular weight excluding hydrogens is 396 g/mol. The summed E-state index contributed by atoms with van der Waals surface area (Å²) < 4.78 is 27.6. The zero-order valence-corrected chi connectivity index (χ0v) is 18.1. The minimum atomic E-state index is -3.48. The van der Waals surface area contributed by atoms with E-state index in [2.05, 4.69) is 46.7 Å². The van der Waals surface area contributed by atoms with Gasteiger partial charge < -0.3 is 5.32 Å². The lowest BCUT2D eigenvalue weighted by Crippen LogP contribution is -2.28. The predicted octanol–water partition coefficient (Wildman–Crippen LogP) is 4.16. The van der Waals surface area contributed by atoms with E-state index in [9.17, 15) is 8.42 Å². The van der Waals surface area contributed by atoms with Crippen molar-refractivity contribution in [1.82, 2.24) is 14.5 Å². The summed E-state index contributed by atoms with van der Waals surface area (Å²) in [4.78, 5) is 0.352. The molecule has 0 spiro atoms. The average molecular weight is 423 g/mol. The fraction of sp³-hybridized carbons (Fsp3) is 0.304. The second-order valence-electron chi connectivity index (χ2n) is 7.73. The normalized spacial score (nSPS) is 14.7. The van der Waals surface area contributed by atoms with Gasteiger partial charge in [-0.1, -0.05) is 42.0 Å². The minimum Gasteiger partial charge on any atom is -0.365 e. The lowest BCUT2D eigenvalue weighted by atomic mass is 10.1. The van der Waals surface area contributed by atoms with Crippen LogP contribution in [0.5, 0.6) is 0 Å². The van der Waals surface area contributed by atoms with E-state index in [0.717, 1.165) is 24.0 Å². The van der Waals surface area contributed by atoms with Crippen molar-refractivity contribution in [3.05, 3.63) is 71.3 Å². The van der Waals surface area contributed by atoms with E-state index in [-0.39, 0.29) is 0 Å². The Morgan fingerprint density at radius 3 is 2.33 bits per heavy atom. The number of sulfonamides is 1. The fourth-order valence-electron chi connectivity index (χ4n) is 3.58. The molecule has 1 aliphatic heterocycles. The maximum Gasteiger partial charge on any atom is 0.243 e. The van der Waals surface area contributed by atoms with E-state index in [4.69, 9.17) is 0 Å². The van der Waals surface area contributed by atoms with E-state index < -0.39 is 10.0 Å². The summed E-state index contributed by atoms with van der Waals surface area (Å²) in [6.45, 7) is 5.74. The van der Waals surface area contributed by atoms with Gasteiger partial charge >= 0.3 is 0 Å². The second kappa shape index (κ2) is 8.53. The highest BCUT2D eigenvalue weighted by atomic mass is 32.2. The van der Waals surface area contributed by atoms with Gasteiger partial charge in [-0.3, -0.25) is 0 Å². The molecule has 0 saturated carbocycles. The first kappa shape index (κ1) is 20.5. The molecule has 1 fully saturated rings. The first-order chi connectivity index (χ1) is 14.4. The molecule has 0 unspecified atom stereocenters. The number of nitrogens with zero attached hydrogens (tertiary/aromatic N) is 3. The van der Waals surface area contributed by atoms with Crippen molar-refractivity contribution in [2.45, 2.75) is 38.1 Å². The monoisotopic (exact) mass is 422 g/mol. The van der Waals surface area contributed by atoms with E-state index in [1.54, 1.807) is 10.4 Å². The number of hydrogen-bond acceptors (Lipinski definition) is 5. The van der Waals surface area contributed by atoms with Crippen LogP contribution >= 0.6 is 0 Å². The van der Waals surface area contributed by atoms with Crippen LogP contribution in [0.1, 0.15) is 29.5 Å². The Hall–Kier alpha value is -2.77. The fourth-order valence-corrected chi connectivity index (χ4v) is 5.35. The van der Waals surface area contributed by atoms with Crippen LogP contribution in [0, 0.1) is 13.8 Å². The van der Waals surface area contributed by atoms with Crippen molar-refractivity contribution in [1.29, 1.82) is 0 Å². The molecule has 0 bridgehead atoms. The summed E-state index contributed by atoms with van der Waals surface area (Å²) in [5.74, 6) is 0.677. The highest BCUT2D eigenvalue weighted by molar-refractivity contribution is 7.89. The Morgan fingerprint density at radius 1 is 0.933 bits per heavy atom. The molecule has 2 aromatic carbocycles. The third-order valence-corrected chi connectivity index (χ3v) is 7.47. The van der Waals surface area contributed by atoms with Crippen LogP contribution in [0.15, 0.2) is 59.5 Å². The number of hydrogen-bond donors (Lipinski definition) is 1. The van der Waals surface area contributed by atoms with Crippen molar-refractivity contribution in [3.63, 3.8) is 0 Å². The van der Waals surface area contributed by atoms with E-state index in [1.165, 1.54) is 11.1 Å². The van der Waals surface area contributed by atoms with Crippen molar-refractivity contribution < 1.29 is 8.42 Å². The van der Waals surface area contributed by atoms with Crippen LogP contribution in [-0.4, -0.2) is 36.0 Å². The van der Waals surface area contributed by atoms with Crippen LogP contribution in [0.3, 0.4) is 0 Å². The molecule has 4 rings (SSSR count). The number of benzene rings is 2. The molecule has 1 N–H and O–H groups in total. The zero-order chi connectivity index (χ0) is 21.1. The Labute approximate surface area is 178 Å². The Bertz CT molecular complexity index is 1120. The third kappa shape index (κ3) is 4.37. The van der Waals surface area contributed by atoms with Crippen LogP contribution in [0.4, 0.5) is 5.82 Å². The lowest BCUT2D eigenvalue weighted by molar-refractivity contribution is 0.477. The van der Waals surface area contributed by atoms with Gasteiger partial charge in [0.2, 0.25) is 10.0 Å². The smallest absolute Gasteiger partial charge is 0.243 e. The van der Waals surface area contributed by atoms with Gasteiger partial charge in [-0.2, -0.15) is 4.31 Å². The van der Waals surface area contributed by atoms with Crippen molar-refractivity contribution in [2.24, 2.45) is 0 Å². The predicted molar refractivity (Wildman–Crippen MR) is 119 cm³/mol. The van der Waals surface area contributed by atoms with Gasteiger partial charge in [-0.05, 0) is 56.0 Å². The Morgan fingerprint density at radius 2 is 1.67 bits per heavy atom. The number of anilines is 1.